The van der Waals surface area contributed by atoms with Crippen LogP contribution in [0.1, 0.15) is 36.9 Å². The van der Waals surface area contributed by atoms with E-state index in [0.717, 1.165) is 13.0 Å². The SMILES string of the molecule is Cc1ccc([C@H](C)NCCCC(=O)N(C)C)cc1. The van der Waals surface area contributed by atoms with Crippen molar-refractivity contribution in [2.75, 3.05) is 20.6 Å². The van der Waals surface area contributed by atoms with Crippen molar-refractivity contribution < 1.29 is 4.79 Å². The molecule has 3 heteroatoms. The first kappa shape index (κ1) is 14.7. The molecule has 0 saturated heterocycles. The Kier molecular flexibility index (Phi) is 5.86. The largest absolute Gasteiger partial charge is 0.349 e. The Morgan fingerprint density at radius 2 is 1.89 bits per heavy atom. The Morgan fingerprint density at radius 1 is 1.28 bits per heavy atom. The summed E-state index contributed by atoms with van der Waals surface area (Å²) in [5.74, 6) is 0.194. The summed E-state index contributed by atoms with van der Waals surface area (Å²) in [6, 6.07) is 8.89. The van der Waals surface area contributed by atoms with E-state index >= 15 is 0 Å². The van der Waals surface area contributed by atoms with Crippen LogP contribution in [0, 0.1) is 6.92 Å². The molecule has 1 rings (SSSR count). The number of benzene rings is 1. The third kappa shape index (κ3) is 4.88. The third-order valence-corrected chi connectivity index (χ3v) is 3.09. The second-order valence-electron chi connectivity index (χ2n) is 4.98. The van der Waals surface area contributed by atoms with Crippen LogP contribution in [0.2, 0.25) is 0 Å². The molecule has 0 unspecified atom stereocenters. The molecule has 0 aromatic heterocycles. The Morgan fingerprint density at radius 3 is 2.44 bits per heavy atom. The zero-order chi connectivity index (χ0) is 13.5. The van der Waals surface area contributed by atoms with Crippen LogP contribution < -0.4 is 5.32 Å². The number of nitrogens with zero attached hydrogens (tertiary/aromatic N) is 1. The van der Waals surface area contributed by atoms with Crippen LogP contribution in [0.25, 0.3) is 0 Å². The van der Waals surface area contributed by atoms with Gasteiger partial charge in [-0.2, -0.15) is 0 Å². The fourth-order valence-electron chi connectivity index (χ4n) is 1.75. The molecule has 0 fully saturated rings. The van der Waals surface area contributed by atoms with Crippen molar-refractivity contribution in [3.63, 3.8) is 0 Å². The van der Waals surface area contributed by atoms with Crippen LogP contribution in [0.4, 0.5) is 0 Å². The number of amides is 1. The van der Waals surface area contributed by atoms with Crippen LogP contribution in [-0.2, 0) is 4.79 Å². The van der Waals surface area contributed by atoms with Crippen LogP contribution in [0.5, 0.6) is 0 Å². The number of rotatable bonds is 6. The minimum Gasteiger partial charge on any atom is -0.349 e. The van der Waals surface area contributed by atoms with Gasteiger partial charge in [0.05, 0.1) is 0 Å². The van der Waals surface area contributed by atoms with Gasteiger partial charge in [-0.05, 0) is 32.4 Å². The van der Waals surface area contributed by atoms with E-state index in [4.69, 9.17) is 0 Å². The molecule has 0 spiro atoms. The summed E-state index contributed by atoms with van der Waals surface area (Å²) in [5, 5.41) is 3.44. The smallest absolute Gasteiger partial charge is 0.222 e. The summed E-state index contributed by atoms with van der Waals surface area (Å²) in [4.78, 5) is 13.0. The normalized spacial score (nSPS) is 12.2. The Balaban J connectivity index is 2.27. The number of carbonyl (C=O) groups is 1. The molecule has 0 radical (unpaired) electrons. The maximum absolute atomic E-state index is 11.4. The van der Waals surface area contributed by atoms with Crippen molar-refractivity contribution in [1.82, 2.24) is 10.2 Å². The average Bonchev–Trinajstić information content (AvgIpc) is 2.34. The van der Waals surface area contributed by atoms with Gasteiger partial charge in [-0.15, -0.1) is 0 Å². The number of nitrogens with one attached hydrogen (secondary N) is 1. The second-order valence-corrected chi connectivity index (χ2v) is 4.98. The van der Waals surface area contributed by atoms with Gasteiger partial charge in [0, 0.05) is 26.6 Å². The first-order valence-corrected chi connectivity index (χ1v) is 6.51. The molecule has 3 nitrogen and oxygen atoms in total. The average molecular weight is 248 g/mol. The van der Waals surface area contributed by atoms with E-state index in [0.29, 0.717) is 12.5 Å². The summed E-state index contributed by atoms with van der Waals surface area (Å²) in [6.45, 7) is 5.11. The van der Waals surface area contributed by atoms with Crippen LogP contribution >= 0.6 is 0 Å². The highest BCUT2D eigenvalue weighted by molar-refractivity contribution is 5.75. The molecule has 1 aromatic rings. The van der Waals surface area contributed by atoms with Gasteiger partial charge in [-0.3, -0.25) is 4.79 Å². The number of carbonyl (C=O) groups excluding carboxylic acids is 1. The van der Waals surface area contributed by atoms with E-state index in [1.807, 2.05) is 0 Å². The predicted molar refractivity (Wildman–Crippen MR) is 75.5 cm³/mol. The minimum atomic E-state index is 0.194. The molecule has 0 saturated carbocycles. The quantitative estimate of drug-likeness (QED) is 0.785. The summed E-state index contributed by atoms with van der Waals surface area (Å²) >= 11 is 0. The van der Waals surface area contributed by atoms with Crippen molar-refractivity contribution in [1.29, 1.82) is 0 Å². The molecule has 0 aliphatic carbocycles. The van der Waals surface area contributed by atoms with Crippen molar-refractivity contribution in [2.24, 2.45) is 0 Å². The second kappa shape index (κ2) is 7.17. The summed E-state index contributed by atoms with van der Waals surface area (Å²) < 4.78 is 0. The van der Waals surface area contributed by atoms with Gasteiger partial charge in [0.25, 0.3) is 0 Å². The highest BCUT2D eigenvalue weighted by Crippen LogP contribution is 2.12. The molecular formula is C15H24N2O. The van der Waals surface area contributed by atoms with E-state index in [2.05, 4.69) is 43.4 Å². The maximum atomic E-state index is 11.4. The minimum absolute atomic E-state index is 0.194. The van der Waals surface area contributed by atoms with E-state index in [9.17, 15) is 4.79 Å². The summed E-state index contributed by atoms with van der Waals surface area (Å²) in [6.07, 6.45) is 1.49. The van der Waals surface area contributed by atoms with E-state index in [1.54, 1.807) is 19.0 Å². The first-order chi connectivity index (χ1) is 8.50. The van der Waals surface area contributed by atoms with Crippen LogP contribution in [0.15, 0.2) is 24.3 Å². The molecule has 18 heavy (non-hydrogen) atoms. The highest BCUT2D eigenvalue weighted by Gasteiger charge is 2.06. The van der Waals surface area contributed by atoms with Gasteiger partial charge in [-0.1, -0.05) is 29.8 Å². The molecule has 1 amide bonds. The van der Waals surface area contributed by atoms with Gasteiger partial charge in [-0.25, -0.2) is 0 Å². The zero-order valence-electron chi connectivity index (χ0n) is 11.9. The van der Waals surface area contributed by atoms with E-state index in [1.165, 1.54) is 11.1 Å². The number of hydrogen-bond donors (Lipinski definition) is 1. The Labute approximate surface area is 110 Å². The lowest BCUT2D eigenvalue weighted by Crippen LogP contribution is -2.24. The Bertz CT molecular complexity index is 371. The lowest BCUT2D eigenvalue weighted by atomic mass is 10.1. The lowest BCUT2D eigenvalue weighted by Gasteiger charge is -2.15. The van der Waals surface area contributed by atoms with E-state index < -0.39 is 0 Å². The topological polar surface area (TPSA) is 32.3 Å². The number of aryl methyl sites for hydroxylation is 1. The maximum Gasteiger partial charge on any atom is 0.222 e. The summed E-state index contributed by atoms with van der Waals surface area (Å²) in [5.41, 5.74) is 2.57. The molecule has 1 atom stereocenters. The van der Waals surface area contributed by atoms with Crippen molar-refractivity contribution >= 4 is 5.91 Å². The highest BCUT2D eigenvalue weighted by atomic mass is 16.2. The molecule has 1 N–H and O–H groups in total. The molecule has 0 heterocycles. The molecule has 0 aliphatic rings. The van der Waals surface area contributed by atoms with Crippen molar-refractivity contribution in [3.05, 3.63) is 35.4 Å². The van der Waals surface area contributed by atoms with Gasteiger partial charge in [0.2, 0.25) is 5.91 Å². The fourth-order valence-corrected chi connectivity index (χ4v) is 1.75. The van der Waals surface area contributed by atoms with Crippen molar-refractivity contribution in [3.8, 4) is 0 Å². The Hall–Kier alpha value is -1.35. The first-order valence-electron chi connectivity index (χ1n) is 6.51. The van der Waals surface area contributed by atoms with Crippen molar-refractivity contribution in [2.45, 2.75) is 32.7 Å². The van der Waals surface area contributed by atoms with E-state index in [-0.39, 0.29) is 5.91 Å². The molecule has 0 bridgehead atoms. The summed E-state index contributed by atoms with van der Waals surface area (Å²) in [7, 11) is 3.59. The number of hydrogen-bond acceptors (Lipinski definition) is 2. The third-order valence-electron chi connectivity index (χ3n) is 3.09. The standard InChI is InChI=1S/C15H24N2O/c1-12-7-9-14(10-8-12)13(2)16-11-5-6-15(18)17(3)4/h7-10,13,16H,5-6,11H2,1-4H3/t13-/m0/s1. The fraction of sp³-hybridized carbons (Fsp3) is 0.533. The van der Waals surface area contributed by atoms with Gasteiger partial charge < -0.3 is 10.2 Å². The van der Waals surface area contributed by atoms with Crippen LogP contribution in [0.3, 0.4) is 0 Å². The monoisotopic (exact) mass is 248 g/mol. The molecule has 100 valence electrons. The molecule has 0 aliphatic heterocycles. The van der Waals surface area contributed by atoms with Gasteiger partial charge >= 0.3 is 0 Å². The van der Waals surface area contributed by atoms with Crippen LogP contribution in [-0.4, -0.2) is 31.4 Å². The van der Waals surface area contributed by atoms with Gasteiger partial charge in [0.1, 0.15) is 0 Å². The zero-order valence-corrected chi connectivity index (χ0v) is 11.9. The predicted octanol–water partition coefficient (Wildman–Crippen LogP) is 2.51. The molecule has 1 aromatic carbocycles. The van der Waals surface area contributed by atoms with Gasteiger partial charge in [0.15, 0.2) is 0 Å². The molecular weight excluding hydrogens is 224 g/mol. The lowest BCUT2D eigenvalue weighted by molar-refractivity contribution is -0.128.